The average molecular weight is 264 g/mol. The molecule has 0 aromatic rings. The van der Waals surface area contributed by atoms with Crippen molar-refractivity contribution in [1.82, 2.24) is 5.43 Å². The molecule has 2 aliphatic rings. The molecule has 0 radical (unpaired) electrons. The molecule has 4 nitrogen and oxygen atoms in total. The van der Waals surface area contributed by atoms with Crippen LogP contribution in [0.25, 0.3) is 0 Å². The summed E-state index contributed by atoms with van der Waals surface area (Å²) in [5, 5.41) is 23.2. The van der Waals surface area contributed by atoms with Crippen LogP contribution >= 0.6 is 0 Å². The molecule has 1 fully saturated rings. The zero-order valence-electron chi connectivity index (χ0n) is 11.6. The van der Waals surface area contributed by atoms with Crippen LogP contribution in [-0.2, 0) is 0 Å². The molecule has 0 spiro atoms. The van der Waals surface area contributed by atoms with Crippen LogP contribution in [0.2, 0.25) is 0 Å². The van der Waals surface area contributed by atoms with Gasteiger partial charge in [-0.3, -0.25) is 5.43 Å². The van der Waals surface area contributed by atoms with E-state index in [4.69, 9.17) is 5.11 Å². The van der Waals surface area contributed by atoms with E-state index in [1.54, 1.807) is 13.0 Å². The molecule has 106 valence electrons. The number of fused-ring (bicyclic) bond motifs is 1. The van der Waals surface area contributed by atoms with Gasteiger partial charge in [-0.15, -0.1) is 0 Å². The minimum atomic E-state index is -0.504. The minimum absolute atomic E-state index is 0.0378. The molecule has 0 aromatic heterocycles. The van der Waals surface area contributed by atoms with Gasteiger partial charge < -0.3 is 10.2 Å². The van der Waals surface area contributed by atoms with Crippen LogP contribution in [0.5, 0.6) is 0 Å². The van der Waals surface area contributed by atoms with Crippen LogP contribution in [0.4, 0.5) is 0 Å². The molecule has 1 aliphatic carbocycles. The fourth-order valence-electron chi connectivity index (χ4n) is 2.99. The predicted molar refractivity (Wildman–Crippen MR) is 76.7 cm³/mol. The SMILES string of the molecule is CC(O)C1=NNC(/C=C\CO)=C2CCCCCCC12. The molecule has 1 saturated carbocycles. The molecular formula is C15H24N2O2. The Labute approximate surface area is 114 Å². The lowest BCUT2D eigenvalue weighted by Crippen LogP contribution is -2.35. The number of allylic oxidation sites excluding steroid dienone is 2. The maximum absolute atomic E-state index is 9.89. The first-order chi connectivity index (χ1) is 9.24. The van der Waals surface area contributed by atoms with Crippen molar-refractivity contribution in [3.8, 4) is 0 Å². The van der Waals surface area contributed by atoms with E-state index in [1.807, 2.05) is 6.08 Å². The van der Waals surface area contributed by atoms with Crippen molar-refractivity contribution in [2.45, 2.75) is 51.6 Å². The van der Waals surface area contributed by atoms with Gasteiger partial charge in [0.1, 0.15) is 0 Å². The van der Waals surface area contributed by atoms with Gasteiger partial charge in [0.25, 0.3) is 0 Å². The second-order valence-corrected chi connectivity index (χ2v) is 5.35. The first kappa shape index (κ1) is 14.3. The first-order valence-corrected chi connectivity index (χ1v) is 7.26. The number of aliphatic hydroxyl groups excluding tert-OH is 2. The van der Waals surface area contributed by atoms with Gasteiger partial charge in [-0.05, 0) is 37.8 Å². The van der Waals surface area contributed by atoms with E-state index in [-0.39, 0.29) is 12.5 Å². The molecule has 2 atom stereocenters. The molecule has 2 unspecified atom stereocenters. The van der Waals surface area contributed by atoms with Crippen molar-refractivity contribution in [1.29, 1.82) is 0 Å². The Morgan fingerprint density at radius 3 is 2.89 bits per heavy atom. The number of nitrogens with one attached hydrogen (secondary N) is 1. The number of aliphatic hydroxyl groups is 2. The van der Waals surface area contributed by atoms with E-state index in [1.165, 1.54) is 31.3 Å². The Morgan fingerprint density at radius 2 is 2.16 bits per heavy atom. The van der Waals surface area contributed by atoms with Gasteiger partial charge in [-0.1, -0.05) is 25.3 Å². The van der Waals surface area contributed by atoms with Crippen LogP contribution in [0.15, 0.2) is 28.5 Å². The van der Waals surface area contributed by atoms with E-state index in [0.29, 0.717) is 0 Å². The second kappa shape index (κ2) is 6.87. The summed E-state index contributed by atoms with van der Waals surface area (Å²) in [6.45, 7) is 1.82. The Hall–Kier alpha value is -1.13. The summed E-state index contributed by atoms with van der Waals surface area (Å²) >= 11 is 0. The van der Waals surface area contributed by atoms with Crippen molar-refractivity contribution >= 4 is 5.71 Å². The summed E-state index contributed by atoms with van der Waals surface area (Å²) in [5.41, 5.74) is 6.25. The molecule has 1 heterocycles. The third-order valence-corrected chi connectivity index (χ3v) is 3.94. The number of nitrogens with zero attached hydrogens (tertiary/aromatic N) is 1. The fourth-order valence-corrected chi connectivity index (χ4v) is 2.99. The Morgan fingerprint density at radius 1 is 1.37 bits per heavy atom. The zero-order valence-corrected chi connectivity index (χ0v) is 11.6. The third-order valence-electron chi connectivity index (χ3n) is 3.94. The Kier molecular flexibility index (Phi) is 5.16. The van der Waals surface area contributed by atoms with Gasteiger partial charge in [0.05, 0.1) is 24.1 Å². The van der Waals surface area contributed by atoms with Gasteiger partial charge >= 0.3 is 0 Å². The van der Waals surface area contributed by atoms with Crippen LogP contribution < -0.4 is 5.43 Å². The summed E-state index contributed by atoms with van der Waals surface area (Å²) in [4.78, 5) is 0. The predicted octanol–water partition coefficient (Wildman–Crippen LogP) is 2.10. The van der Waals surface area contributed by atoms with E-state index in [0.717, 1.165) is 24.3 Å². The van der Waals surface area contributed by atoms with Gasteiger partial charge in [0.2, 0.25) is 0 Å². The van der Waals surface area contributed by atoms with Crippen LogP contribution in [0, 0.1) is 5.92 Å². The summed E-state index contributed by atoms with van der Waals surface area (Å²) < 4.78 is 0. The molecular weight excluding hydrogens is 240 g/mol. The summed E-state index contributed by atoms with van der Waals surface area (Å²) in [6, 6.07) is 0. The number of rotatable bonds is 3. The lowest BCUT2D eigenvalue weighted by molar-refractivity contribution is 0.253. The average Bonchev–Trinajstić information content (AvgIpc) is 2.36. The maximum atomic E-state index is 9.89. The van der Waals surface area contributed by atoms with E-state index >= 15 is 0 Å². The molecule has 19 heavy (non-hydrogen) atoms. The number of hydrogen-bond donors (Lipinski definition) is 3. The van der Waals surface area contributed by atoms with Gasteiger partial charge in [0, 0.05) is 5.92 Å². The fraction of sp³-hybridized carbons (Fsp3) is 0.667. The number of hydrogen-bond acceptors (Lipinski definition) is 4. The minimum Gasteiger partial charge on any atom is -0.392 e. The second-order valence-electron chi connectivity index (χ2n) is 5.35. The highest BCUT2D eigenvalue weighted by Gasteiger charge is 2.29. The zero-order chi connectivity index (χ0) is 13.7. The lowest BCUT2D eigenvalue weighted by Gasteiger charge is -2.31. The van der Waals surface area contributed by atoms with E-state index < -0.39 is 6.10 Å². The highest BCUT2D eigenvalue weighted by molar-refractivity contribution is 5.93. The standard InChI is InChI=1S/C15H24N2O2/c1-11(19)15-13-8-5-3-2-4-7-12(13)14(16-17-15)9-6-10-18/h6,9,11,13,16,18-19H,2-5,7-8,10H2,1H3/b9-6-. The van der Waals surface area contributed by atoms with Crippen LogP contribution in [0.3, 0.4) is 0 Å². The molecule has 0 saturated heterocycles. The Bertz CT molecular complexity index is 397. The largest absolute Gasteiger partial charge is 0.392 e. The molecule has 0 amide bonds. The number of hydrazone groups is 1. The van der Waals surface area contributed by atoms with Crippen molar-refractivity contribution in [3.05, 3.63) is 23.4 Å². The molecule has 3 N–H and O–H groups in total. The maximum Gasteiger partial charge on any atom is 0.0916 e. The molecule has 0 aromatic carbocycles. The highest BCUT2D eigenvalue weighted by Crippen LogP contribution is 2.33. The van der Waals surface area contributed by atoms with Crippen LogP contribution in [0.1, 0.15) is 45.4 Å². The summed E-state index contributed by atoms with van der Waals surface area (Å²) in [6.07, 6.45) is 10.2. The highest BCUT2D eigenvalue weighted by atomic mass is 16.3. The van der Waals surface area contributed by atoms with Crippen molar-refractivity contribution in [2.75, 3.05) is 6.61 Å². The molecule has 1 aliphatic heterocycles. The van der Waals surface area contributed by atoms with Crippen LogP contribution in [-0.4, -0.2) is 28.6 Å². The topological polar surface area (TPSA) is 64.9 Å². The van der Waals surface area contributed by atoms with Crippen molar-refractivity contribution in [2.24, 2.45) is 11.0 Å². The summed E-state index contributed by atoms with van der Waals surface area (Å²) in [5.74, 6) is 0.264. The summed E-state index contributed by atoms with van der Waals surface area (Å²) in [7, 11) is 0. The first-order valence-electron chi connectivity index (χ1n) is 7.26. The molecule has 0 bridgehead atoms. The quantitative estimate of drug-likeness (QED) is 0.731. The molecule has 4 heteroatoms. The van der Waals surface area contributed by atoms with Gasteiger partial charge in [-0.2, -0.15) is 5.10 Å². The lowest BCUT2D eigenvalue weighted by atomic mass is 9.80. The smallest absolute Gasteiger partial charge is 0.0916 e. The van der Waals surface area contributed by atoms with Crippen molar-refractivity contribution < 1.29 is 10.2 Å². The molecule has 2 rings (SSSR count). The monoisotopic (exact) mass is 264 g/mol. The van der Waals surface area contributed by atoms with Gasteiger partial charge in [0.15, 0.2) is 0 Å². The normalized spacial score (nSPS) is 26.3. The van der Waals surface area contributed by atoms with Gasteiger partial charge in [-0.25, -0.2) is 0 Å². The van der Waals surface area contributed by atoms with E-state index in [9.17, 15) is 5.11 Å². The third kappa shape index (κ3) is 3.45. The van der Waals surface area contributed by atoms with Crippen molar-refractivity contribution in [3.63, 3.8) is 0 Å². The van der Waals surface area contributed by atoms with E-state index in [2.05, 4.69) is 10.5 Å². The Balaban J connectivity index is 2.28.